The number of nitrogens with zero attached hydrogens (tertiary/aromatic N) is 1. The van der Waals surface area contributed by atoms with Crippen LogP contribution in [0.4, 0.5) is 0 Å². The topological polar surface area (TPSA) is 49.4 Å². The van der Waals surface area contributed by atoms with Crippen molar-refractivity contribution in [1.29, 1.82) is 0 Å². The lowest BCUT2D eigenvalue weighted by Crippen LogP contribution is -2.33. The zero-order valence-electron chi connectivity index (χ0n) is 14.2. The SMILES string of the molecule is CC(C)c1ccc(CN2CC[C@@H](CNS(=O)(=O)C3CC3)C2)cc1. The molecule has 1 heterocycles. The Morgan fingerprint density at radius 2 is 1.87 bits per heavy atom. The number of benzene rings is 1. The molecule has 0 spiro atoms. The monoisotopic (exact) mass is 336 g/mol. The first-order valence-corrected chi connectivity index (χ1v) is 10.3. The van der Waals surface area contributed by atoms with Crippen LogP contribution in [0, 0.1) is 5.92 Å². The fraction of sp³-hybridized carbons (Fsp3) is 0.667. The Bertz CT molecular complexity index is 621. The molecule has 4 nitrogen and oxygen atoms in total. The standard InChI is InChI=1S/C18H28N2O2S/c1-14(2)17-5-3-15(4-6-17)12-20-10-9-16(13-20)11-19-23(21,22)18-7-8-18/h3-6,14,16,18-19H,7-13H2,1-2H3/t16-/m0/s1. The summed E-state index contributed by atoms with van der Waals surface area (Å²) in [4.78, 5) is 2.43. The van der Waals surface area contributed by atoms with E-state index in [0.29, 0.717) is 18.4 Å². The normalized spacial score (nSPS) is 22.8. The Hall–Kier alpha value is -0.910. The maximum absolute atomic E-state index is 11.9. The molecule has 0 radical (unpaired) electrons. The highest BCUT2D eigenvalue weighted by atomic mass is 32.2. The molecule has 1 saturated carbocycles. The first-order valence-electron chi connectivity index (χ1n) is 8.73. The van der Waals surface area contributed by atoms with Crippen LogP contribution in [0.15, 0.2) is 24.3 Å². The van der Waals surface area contributed by atoms with E-state index < -0.39 is 10.0 Å². The molecule has 1 atom stereocenters. The summed E-state index contributed by atoms with van der Waals surface area (Å²) in [6.07, 6.45) is 2.74. The molecule has 2 aliphatic rings. The van der Waals surface area contributed by atoms with Gasteiger partial charge in [-0.05, 0) is 48.8 Å². The predicted octanol–water partition coefficient (Wildman–Crippen LogP) is 2.71. The third-order valence-electron chi connectivity index (χ3n) is 4.96. The second-order valence-electron chi connectivity index (χ2n) is 7.38. The van der Waals surface area contributed by atoms with Crippen molar-refractivity contribution in [1.82, 2.24) is 9.62 Å². The van der Waals surface area contributed by atoms with Gasteiger partial charge in [-0.25, -0.2) is 13.1 Å². The Labute approximate surface area is 140 Å². The number of nitrogens with one attached hydrogen (secondary N) is 1. The van der Waals surface area contributed by atoms with E-state index in [4.69, 9.17) is 0 Å². The Balaban J connectivity index is 1.46. The van der Waals surface area contributed by atoms with Crippen LogP contribution in [-0.2, 0) is 16.6 Å². The van der Waals surface area contributed by atoms with E-state index in [1.54, 1.807) is 0 Å². The summed E-state index contributed by atoms with van der Waals surface area (Å²) >= 11 is 0. The molecule has 23 heavy (non-hydrogen) atoms. The van der Waals surface area contributed by atoms with Crippen LogP contribution in [-0.4, -0.2) is 38.2 Å². The van der Waals surface area contributed by atoms with Crippen LogP contribution < -0.4 is 4.72 Å². The van der Waals surface area contributed by atoms with Gasteiger partial charge in [0.15, 0.2) is 0 Å². The number of rotatable bonds is 7. The Kier molecular flexibility index (Phi) is 5.09. The van der Waals surface area contributed by atoms with Gasteiger partial charge in [0, 0.05) is 19.6 Å². The number of likely N-dealkylation sites (tertiary alicyclic amines) is 1. The van der Waals surface area contributed by atoms with Crippen molar-refractivity contribution < 1.29 is 8.42 Å². The lowest BCUT2D eigenvalue weighted by molar-refractivity contribution is 0.316. The fourth-order valence-electron chi connectivity index (χ4n) is 3.22. The highest BCUT2D eigenvalue weighted by Crippen LogP contribution is 2.28. The predicted molar refractivity (Wildman–Crippen MR) is 93.9 cm³/mol. The summed E-state index contributed by atoms with van der Waals surface area (Å²) in [7, 11) is -3.03. The molecule has 1 aromatic carbocycles. The van der Waals surface area contributed by atoms with E-state index in [-0.39, 0.29) is 5.25 Å². The zero-order chi connectivity index (χ0) is 16.4. The summed E-state index contributed by atoms with van der Waals surface area (Å²) in [5, 5.41) is -0.112. The lowest BCUT2D eigenvalue weighted by Gasteiger charge is -2.17. The highest BCUT2D eigenvalue weighted by Gasteiger charge is 2.36. The molecule has 1 saturated heterocycles. The molecule has 1 aromatic rings. The van der Waals surface area contributed by atoms with Gasteiger partial charge >= 0.3 is 0 Å². The summed E-state index contributed by atoms with van der Waals surface area (Å²) < 4.78 is 26.6. The van der Waals surface area contributed by atoms with Gasteiger partial charge in [-0.1, -0.05) is 38.1 Å². The highest BCUT2D eigenvalue weighted by molar-refractivity contribution is 7.90. The van der Waals surface area contributed by atoms with E-state index >= 15 is 0 Å². The van der Waals surface area contributed by atoms with Crippen molar-refractivity contribution in [3.63, 3.8) is 0 Å². The minimum absolute atomic E-state index is 0.112. The molecule has 1 aliphatic heterocycles. The first kappa shape index (κ1) is 16.9. The van der Waals surface area contributed by atoms with E-state index in [1.165, 1.54) is 11.1 Å². The van der Waals surface area contributed by atoms with Crippen molar-refractivity contribution in [2.45, 2.75) is 50.8 Å². The van der Waals surface area contributed by atoms with Gasteiger partial charge in [-0.15, -0.1) is 0 Å². The third-order valence-corrected chi connectivity index (χ3v) is 6.88. The van der Waals surface area contributed by atoms with Crippen LogP contribution in [0.3, 0.4) is 0 Å². The van der Waals surface area contributed by atoms with E-state index in [2.05, 4.69) is 47.7 Å². The van der Waals surface area contributed by atoms with E-state index in [1.807, 2.05) is 0 Å². The van der Waals surface area contributed by atoms with Crippen LogP contribution in [0.25, 0.3) is 0 Å². The molecule has 1 aliphatic carbocycles. The number of hydrogen-bond donors (Lipinski definition) is 1. The van der Waals surface area contributed by atoms with Crippen molar-refractivity contribution in [2.24, 2.45) is 5.92 Å². The van der Waals surface area contributed by atoms with Crippen LogP contribution in [0.5, 0.6) is 0 Å². The van der Waals surface area contributed by atoms with Crippen LogP contribution in [0.1, 0.15) is 50.2 Å². The van der Waals surface area contributed by atoms with Gasteiger partial charge in [0.2, 0.25) is 10.0 Å². The summed E-state index contributed by atoms with van der Waals surface area (Å²) in [6.45, 7) is 8.03. The van der Waals surface area contributed by atoms with E-state index in [0.717, 1.165) is 38.9 Å². The van der Waals surface area contributed by atoms with Crippen LogP contribution >= 0.6 is 0 Å². The molecular weight excluding hydrogens is 308 g/mol. The summed E-state index contributed by atoms with van der Waals surface area (Å²) in [5.41, 5.74) is 2.72. The molecule has 128 valence electrons. The van der Waals surface area contributed by atoms with E-state index in [9.17, 15) is 8.42 Å². The Morgan fingerprint density at radius 1 is 1.17 bits per heavy atom. The second kappa shape index (κ2) is 6.91. The van der Waals surface area contributed by atoms with Gasteiger partial charge < -0.3 is 0 Å². The molecular formula is C18H28N2O2S. The molecule has 3 rings (SSSR count). The zero-order valence-corrected chi connectivity index (χ0v) is 15.0. The van der Waals surface area contributed by atoms with Crippen molar-refractivity contribution >= 4 is 10.0 Å². The minimum atomic E-state index is -3.03. The minimum Gasteiger partial charge on any atom is -0.299 e. The second-order valence-corrected chi connectivity index (χ2v) is 9.42. The van der Waals surface area contributed by atoms with Gasteiger partial charge in [0.1, 0.15) is 0 Å². The van der Waals surface area contributed by atoms with Crippen molar-refractivity contribution in [2.75, 3.05) is 19.6 Å². The lowest BCUT2D eigenvalue weighted by atomic mass is 10.0. The smallest absolute Gasteiger partial charge is 0.214 e. The first-order chi connectivity index (χ1) is 10.9. The molecule has 0 aromatic heterocycles. The number of sulfonamides is 1. The van der Waals surface area contributed by atoms with Crippen LogP contribution in [0.2, 0.25) is 0 Å². The Morgan fingerprint density at radius 3 is 2.48 bits per heavy atom. The quantitative estimate of drug-likeness (QED) is 0.833. The molecule has 0 amide bonds. The van der Waals surface area contributed by atoms with Crippen molar-refractivity contribution in [3.05, 3.63) is 35.4 Å². The average molecular weight is 337 g/mol. The third kappa shape index (κ3) is 4.55. The molecule has 5 heteroatoms. The van der Waals surface area contributed by atoms with Gasteiger partial charge in [0.25, 0.3) is 0 Å². The fourth-order valence-corrected chi connectivity index (χ4v) is 4.68. The maximum atomic E-state index is 11.9. The summed E-state index contributed by atoms with van der Waals surface area (Å²) in [6, 6.07) is 8.88. The molecule has 0 unspecified atom stereocenters. The average Bonchev–Trinajstić information content (AvgIpc) is 3.29. The summed E-state index contributed by atoms with van der Waals surface area (Å²) in [5.74, 6) is 1.01. The van der Waals surface area contributed by atoms with Gasteiger partial charge in [-0.3, -0.25) is 4.90 Å². The van der Waals surface area contributed by atoms with Gasteiger partial charge in [0.05, 0.1) is 5.25 Å². The van der Waals surface area contributed by atoms with Crippen molar-refractivity contribution in [3.8, 4) is 0 Å². The molecule has 1 N–H and O–H groups in total. The molecule has 2 fully saturated rings. The van der Waals surface area contributed by atoms with Gasteiger partial charge in [-0.2, -0.15) is 0 Å². The largest absolute Gasteiger partial charge is 0.299 e. The maximum Gasteiger partial charge on any atom is 0.214 e. The molecule has 0 bridgehead atoms. The number of hydrogen-bond acceptors (Lipinski definition) is 3.